The highest BCUT2D eigenvalue weighted by atomic mass is 28.4. The van der Waals surface area contributed by atoms with Gasteiger partial charge in [-0.1, -0.05) is 152 Å². The Morgan fingerprint density at radius 3 is 1.56 bits per heavy atom. The summed E-state index contributed by atoms with van der Waals surface area (Å²) >= 11 is 0. The molecule has 5 rings (SSSR count). The Morgan fingerprint density at radius 1 is 0.634 bits per heavy atom. The predicted molar refractivity (Wildman–Crippen MR) is 175 cm³/mol. The molecule has 0 aromatic heterocycles. The second-order valence-electron chi connectivity index (χ2n) is 12.8. The highest BCUT2D eigenvalue weighted by Crippen LogP contribution is 2.42. The van der Waals surface area contributed by atoms with Gasteiger partial charge in [0.05, 0.1) is 18.8 Å². The monoisotopic (exact) mass is 560 g/mol. The number of hydrogen-bond acceptors (Lipinski definition) is 2. The van der Waals surface area contributed by atoms with Crippen LogP contribution in [0.3, 0.4) is 0 Å². The van der Waals surface area contributed by atoms with Crippen LogP contribution < -0.4 is 10.4 Å². The fraction of sp³-hybridized carbons (Fsp3) is 0.316. The van der Waals surface area contributed by atoms with Gasteiger partial charge in [0, 0.05) is 5.92 Å². The van der Waals surface area contributed by atoms with Gasteiger partial charge in [0.15, 0.2) is 0 Å². The Bertz CT molecular complexity index is 1420. The topological polar surface area (TPSA) is 18.5 Å². The average Bonchev–Trinajstić information content (AvgIpc) is 2.93. The molecular weight excluding hydrogens is 517 g/mol. The first-order valence-corrected chi connectivity index (χ1v) is 16.7. The summed E-state index contributed by atoms with van der Waals surface area (Å²) in [5.74, 6) is 0.138. The number of ether oxygens (including phenoxy) is 1. The molecule has 0 unspecified atom stereocenters. The standard InChI is InChI=1S/C38H44O2Si/c1-27-20-28(2)23-31(22-27)36-19-18-33(40-37(36)32-24-29(3)21-30(4)25-32)26-39-41(38(5,6)7,34-14-10-8-11-15-34)35-16-12-9-13-17-35/h8-25,33,36-37H,26H2,1-7H3/t33-,36-,37-/m0/s1. The lowest BCUT2D eigenvalue weighted by Crippen LogP contribution is -2.67. The van der Waals surface area contributed by atoms with Crippen molar-refractivity contribution >= 4 is 18.7 Å². The summed E-state index contributed by atoms with van der Waals surface area (Å²) in [4.78, 5) is 0. The molecule has 3 heteroatoms. The lowest BCUT2D eigenvalue weighted by Gasteiger charge is -2.44. The summed E-state index contributed by atoms with van der Waals surface area (Å²) in [5.41, 5.74) is 7.62. The van der Waals surface area contributed by atoms with Crippen molar-refractivity contribution in [1.29, 1.82) is 0 Å². The largest absolute Gasteiger partial charge is 0.404 e. The van der Waals surface area contributed by atoms with Crippen molar-refractivity contribution in [3.8, 4) is 0 Å². The molecule has 2 nitrogen and oxygen atoms in total. The fourth-order valence-corrected chi connectivity index (χ4v) is 11.2. The van der Waals surface area contributed by atoms with Crippen molar-refractivity contribution in [3.05, 3.63) is 143 Å². The van der Waals surface area contributed by atoms with E-state index in [0.717, 1.165) is 0 Å². The summed E-state index contributed by atoms with van der Waals surface area (Å²) in [6.07, 6.45) is 4.36. The second kappa shape index (κ2) is 11.9. The van der Waals surface area contributed by atoms with Crippen LogP contribution in [-0.2, 0) is 9.16 Å². The van der Waals surface area contributed by atoms with E-state index in [0.29, 0.717) is 6.61 Å². The van der Waals surface area contributed by atoms with E-state index in [1.54, 1.807) is 0 Å². The zero-order valence-corrected chi connectivity index (χ0v) is 26.6. The van der Waals surface area contributed by atoms with Crippen molar-refractivity contribution < 1.29 is 9.16 Å². The molecule has 4 aromatic carbocycles. The van der Waals surface area contributed by atoms with Crippen LogP contribution in [0, 0.1) is 27.7 Å². The van der Waals surface area contributed by atoms with Crippen molar-refractivity contribution in [2.75, 3.05) is 6.61 Å². The Balaban J connectivity index is 1.53. The molecule has 0 amide bonds. The lowest BCUT2D eigenvalue weighted by atomic mass is 9.84. The van der Waals surface area contributed by atoms with E-state index < -0.39 is 8.32 Å². The van der Waals surface area contributed by atoms with E-state index in [4.69, 9.17) is 9.16 Å². The minimum absolute atomic E-state index is 0.0806. The Kier molecular flexibility index (Phi) is 8.51. The maximum absolute atomic E-state index is 7.28. The van der Waals surface area contributed by atoms with Crippen molar-refractivity contribution in [2.45, 2.75) is 71.6 Å². The molecule has 0 saturated heterocycles. The fourth-order valence-electron chi connectivity index (χ4n) is 6.67. The Morgan fingerprint density at radius 2 is 1.10 bits per heavy atom. The highest BCUT2D eigenvalue weighted by molar-refractivity contribution is 6.99. The molecular formula is C38H44O2Si. The molecule has 41 heavy (non-hydrogen) atoms. The van der Waals surface area contributed by atoms with Gasteiger partial charge in [-0.2, -0.15) is 0 Å². The van der Waals surface area contributed by atoms with Gasteiger partial charge in [0.25, 0.3) is 8.32 Å². The maximum atomic E-state index is 7.28. The van der Waals surface area contributed by atoms with E-state index in [9.17, 15) is 0 Å². The third kappa shape index (κ3) is 6.18. The molecule has 0 N–H and O–H groups in total. The summed E-state index contributed by atoms with van der Waals surface area (Å²) in [6.45, 7) is 16.2. The molecule has 0 radical (unpaired) electrons. The first-order chi connectivity index (χ1) is 19.6. The minimum Gasteiger partial charge on any atom is -0.404 e. The molecule has 0 bridgehead atoms. The quantitative estimate of drug-likeness (QED) is 0.167. The Labute approximate surface area is 248 Å². The summed E-state index contributed by atoms with van der Waals surface area (Å²) in [7, 11) is -2.66. The first-order valence-electron chi connectivity index (χ1n) is 14.8. The third-order valence-corrected chi connectivity index (χ3v) is 13.3. The zero-order chi connectivity index (χ0) is 29.2. The lowest BCUT2D eigenvalue weighted by molar-refractivity contribution is -0.0278. The molecule has 1 heterocycles. The first kappa shape index (κ1) is 29.3. The smallest absolute Gasteiger partial charge is 0.261 e. The van der Waals surface area contributed by atoms with E-state index >= 15 is 0 Å². The summed E-state index contributed by atoms with van der Waals surface area (Å²) < 4.78 is 14.3. The van der Waals surface area contributed by atoms with E-state index in [2.05, 4.69) is 158 Å². The van der Waals surface area contributed by atoms with Gasteiger partial charge in [-0.15, -0.1) is 0 Å². The molecule has 4 aromatic rings. The number of aryl methyl sites for hydroxylation is 4. The van der Waals surface area contributed by atoms with Crippen LogP contribution in [-0.4, -0.2) is 21.0 Å². The molecule has 0 aliphatic carbocycles. The highest BCUT2D eigenvalue weighted by Gasteiger charge is 2.50. The summed E-state index contributed by atoms with van der Waals surface area (Å²) in [6, 6.07) is 35.4. The summed E-state index contributed by atoms with van der Waals surface area (Å²) in [5, 5.41) is 2.50. The molecule has 1 aliphatic heterocycles. The van der Waals surface area contributed by atoms with E-state index in [-0.39, 0.29) is 23.2 Å². The number of rotatable bonds is 7. The van der Waals surface area contributed by atoms with Gasteiger partial charge in [-0.3, -0.25) is 0 Å². The SMILES string of the molecule is Cc1cc(C)cc([C@@H]2C=C[C@@H](CO[Si](c3ccccc3)(c3ccccc3)C(C)(C)C)O[C@H]2c2cc(C)cc(C)c2)c1. The van der Waals surface area contributed by atoms with Crippen LogP contribution in [0.25, 0.3) is 0 Å². The third-order valence-electron chi connectivity index (χ3n) is 8.26. The van der Waals surface area contributed by atoms with Gasteiger partial charge >= 0.3 is 0 Å². The van der Waals surface area contributed by atoms with Crippen LogP contribution in [0.15, 0.2) is 109 Å². The van der Waals surface area contributed by atoms with Crippen molar-refractivity contribution in [3.63, 3.8) is 0 Å². The van der Waals surface area contributed by atoms with Gasteiger partial charge in [-0.05, 0) is 54.2 Å². The molecule has 1 aliphatic rings. The zero-order valence-electron chi connectivity index (χ0n) is 25.6. The molecule has 212 valence electrons. The van der Waals surface area contributed by atoms with Gasteiger partial charge < -0.3 is 9.16 Å². The predicted octanol–water partition coefficient (Wildman–Crippen LogP) is 8.28. The van der Waals surface area contributed by atoms with Gasteiger partial charge in [0.1, 0.15) is 0 Å². The number of hydrogen-bond donors (Lipinski definition) is 0. The molecule has 0 fully saturated rings. The van der Waals surface area contributed by atoms with Crippen molar-refractivity contribution in [2.24, 2.45) is 0 Å². The normalized spacial score (nSPS) is 19.3. The van der Waals surface area contributed by atoms with Crippen LogP contribution in [0.5, 0.6) is 0 Å². The molecule has 3 atom stereocenters. The van der Waals surface area contributed by atoms with Crippen molar-refractivity contribution in [1.82, 2.24) is 0 Å². The average molecular weight is 561 g/mol. The maximum Gasteiger partial charge on any atom is 0.261 e. The van der Waals surface area contributed by atoms with E-state index in [1.807, 2.05) is 0 Å². The van der Waals surface area contributed by atoms with Crippen LogP contribution in [0.4, 0.5) is 0 Å². The van der Waals surface area contributed by atoms with Crippen LogP contribution >= 0.6 is 0 Å². The van der Waals surface area contributed by atoms with Gasteiger partial charge in [-0.25, -0.2) is 0 Å². The molecule has 0 saturated carbocycles. The van der Waals surface area contributed by atoms with E-state index in [1.165, 1.54) is 43.8 Å². The molecule has 0 spiro atoms. The van der Waals surface area contributed by atoms with Crippen LogP contribution in [0.1, 0.15) is 66.2 Å². The van der Waals surface area contributed by atoms with Crippen LogP contribution in [0.2, 0.25) is 5.04 Å². The minimum atomic E-state index is -2.66. The Hall–Kier alpha value is -3.24. The second-order valence-corrected chi connectivity index (χ2v) is 17.1. The van der Waals surface area contributed by atoms with Gasteiger partial charge in [0.2, 0.25) is 0 Å². The number of benzene rings is 4.